The number of aryl methyl sites for hydroxylation is 1. The molecule has 0 atom stereocenters. The summed E-state index contributed by atoms with van der Waals surface area (Å²) in [7, 11) is 0. The number of carbonyl (C=O) groups excluding carboxylic acids is 3. The maximum atomic E-state index is 13.0. The van der Waals surface area contributed by atoms with Gasteiger partial charge in [0.15, 0.2) is 0 Å². The summed E-state index contributed by atoms with van der Waals surface area (Å²) in [5, 5.41) is 2.88. The van der Waals surface area contributed by atoms with Gasteiger partial charge in [0.2, 0.25) is 0 Å². The third-order valence-corrected chi connectivity index (χ3v) is 7.10. The fourth-order valence-corrected chi connectivity index (χ4v) is 4.62. The molecule has 6 heteroatoms. The number of nitrogens with zero attached hydrogens (tertiary/aromatic N) is 1. The summed E-state index contributed by atoms with van der Waals surface area (Å²) in [5.74, 6) is -0.271. The van der Waals surface area contributed by atoms with E-state index in [0.29, 0.717) is 25.2 Å². The van der Waals surface area contributed by atoms with E-state index >= 15 is 0 Å². The van der Waals surface area contributed by atoms with Crippen LogP contribution in [0.4, 0.5) is 4.79 Å². The molecule has 2 fully saturated rings. The van der Waals surface area contributed by atoms with Gasteiger partial charge in [-0.05, 0) is 55.4 Å². The average molecular weight is 415 g/mol. The van der Waals surface area contributed by atoms with Crippen molar-refractivity contribution >= 4 is 17.9 Å². The maximum Gasteiger partial charge on any atom is 0.326 e. The van der Waals surface area contributed by atoms with E-state index in [1.165, 1.54) is 5.56 Å². The van der Waals surface area contributed by atoms with Crippen LogP contribution in [0.5, 0.6) is 0 Å². The van der Waals surface area contributed by atoms with Gasteiger partial charge >= 0.3 is 12.0 Å². The van der Waals surface area contributed by atoms with E-state index in [1.807, 2.05) is 30.3 Å². The molecule has 1 aromatic rings. The highest BCUT2D eigenvalue weighted by atomic mass is 16.5. The molecule has 0 unspecified atom stereocenters. The highest BCUT2D eigenvalue weighted by molar-refractivity contribution is 6.08. The number of hydrogen-bond donors (Lipinski definition) is 1. The molecule has 2 aliphatic rings. The number of esters is 1. The van der Waals surface area contributed by atoms with Crippen LogP contribution in [0.1, 0.15) is 64.9 Å². The lowest BCUT2D eigenvalue weighted by Crippen LogP contribution is -2.51. The zero-order chi connectivity index (χ0) is 21.8. The number of carbonyl (C=O) groups is 3. The van der Waals surface area contributed by atoms with Crippen molar-refractivity contribution in [3.8, 4) is 0 Å². The van der Waals surface area contributed by atoms with Crippen molar-refractivity contribution in [1.29, 1.82) is 0 Å². The fourth-order valence-electron chi connectivity index (χ4n) is 4.62. The van der Waals surface area contributed by atoms with Crippen LogP contribution in [0.15, 0.2) is 30.3 Å². The molecule has 1 saturated heterocycles. The average Bonchev–Trinajstić information content (AvgIpc) is 2.96. The molecular formula is C24H34N2O4. The standard InChI is InChI=1S/C24H34N2O4/c1-4-23(2,3)19-12-14-24(15-13-19)21(28)26(22(29)25-24)17-20(27)30-16-8-11-18-9-6-5-7-10-18/h5-7,9-10,19H,4,8,11-17H2,1-3H3,(H,25,29). The summed E-state index contributed by atoms with van der Waals surface area (Å²) in [6.07, 6.45) is 5.69. The van der Waals surface area contributed by atoms with Gasteiger partial charge in [0.1, 0.15) is 12.1 Å². The molecule has 1 aliphatic heterocycles. The predicted molar refractivity (Wildman–Crippen MR) is 115 cm³/mol. The summed E-state index contributed by atoms with van der Waals surface area (Å²) < 4.78 is 5.26. The van der Waals surface area contributed by atoms with Crippen LogP contribution in [-0.4, -0.2) is 41.5 Å². The summed E-state index contributed by atoms with van der Waals surface area (Å²) in [5.41, 5.74) is 0.577. The minimum Gasteiger partial charge on any atom is -0.464 e. The van der Waals surface area contributed by atoms with Crippen LogP contribution < -0.4 is 5.32 Å². The Kier molecular flexibility index (Phi) is 6.84. The second kappa shape index (κ2) is 9.19. The van der Waals surface area contributed by atoms with Crippen molar-refractivity contribution in [2.24, 2.45) is 11.3 Å². The number of ether oxygens (including phenoxy) is 1. The number of amides is 3. The van der Waals surface area contributed by atoms with Gasteiger partial charge in [0.05, 0.1) is 6.61 Å². The van der Waals surface area contributed by atoms with Crippen LogP contribution in [0.3, 0.4) is 0 Å². The van der Waals surface area contributed by atoms with Gasteiger partial charge in [0.25, 0.3) is 5.91 Å². The number of urea groups is 1. The molecule has 30 heavy (non-hydrogen) atoms. The van der Waals surface area contributed by atoms with E-state index < -0.39 is 17.5 Å². The zero-order valence-electron chi connectivity index (χ0n) is 18.4. The summed E-state index contributed by atoms with van der Waals surface area (Å²) >= 11 is 0. The van der Waals surface area contributed by atoms with Crippen molar-refractivity contribution in [3.63, 3.8) is 0 Å². The number of benzene rings is 1. The van der Waals surface area contributed by atoms with Crippen LogP contribution in [0.25, 0.3) is 0 Å². The van der Waals surface area contributed by atoms with Gasteiger partial charge in [-0.2, -0.15) is 0 Å². The highest BCUT2D eigenvalue weighted by Crippen LogP contribution is 2.45. The molecular weight excluding hydrogens is 380 g/mol. The smallest absolute Gasteiger partial charge is 0.326 e. The lowest BCUT2D eigenvalue weighted by atomic mass is 9.65. The molecule has 6 nitrogen and oxygen atoms in total. The Morgan fingerprint density at radius 3 is 2.50 bits per heavy atom. The third-order valence-electron chi connectivity index (χ3n) is 7.10. The van der Waals surface area contributed by atoms with Gasteiger partial charge in [0, 0.05) is 0 Å². The topological polar surface area (TPSA) is 75.7 Å². The van der Waals surface area contributed by atoms with Gasteiger partial charge in [-0.3, -0.25) is 14.5 Å². The van der Waals surface area contributed by atoms with Gasteiger partial charge in [-0.25, -0.2) is 4.79 Å². The van der Waals surface area contributed by atoms with Crippen LogP contribution in [0, 0.1) is 11.3 Å². The Morgan fingerprint density at radius 2 is 1.87 bits per heavy atom. The molecule has 0 radical (unpaired) electrons. The third kappa shape index (κ3) is 4.85. The van der Waals surface area contributed by atoms with Crippen LogP contribution >= 0.6 is 0 Å². The number of rotatable bonds is 8. The van der Waals surface area contributed by atoms with E-state index in [0.717, 1.165) is 30.6 Å². The second-order valence-electron chi connectivity index (χ2n) is 9.33. The second-order valence-corrected chi connectivity index (χ2v) is 9.33. The van der Waals surface area contributed by atoms with E-state index in [4.69, 9.17) is 4.74 Å². The SMILES string of the molecule is CCC(C)(C)C1CCC2(CC1)NC(=O)N(CC(=O)OCCCc1ccccc1)C2=O. The Morgan fingerprint density at radius 1 is 1.20 bits per heavy atom. The fraction of sp³-hybridized carbons (Fsp3) is 0.625. The Bertz CT molecular complexity index is 767. The minimum atomic E-state index is -0.842. The lowest BCUT2D eigenvalue weighted by Gasteiger charge is -2.42. The monoisotopic (exact) mass is 414 g/mol. The zero-order valence-corrected chi connectivity index (χ0v) is 18.4. The van der Waals surface area contributed by atoms with Crippen molar-refractivity contribution < 1.29 is 19.1 Å². The molecule has 1 heterocycles. The number of nitrogens with one attached hydrogen (secondary N) is 1. The highest BCUT2D eigenvalue weighted by Gasteiger charge is 2.53. The molecule has 1 N–H and O–H groups in total. The molecule has 164 valence electrons. The quantitative estimate of drug-likeness (QED) is 0.395. The van der Waals surface area contributed by atoms with Gasteiger partial charge < -0.3 is 10.1 Å². The predicted octanol–water partition coefficient (Wildman–Crippen LogP) is 4.08. The molecule has 0 bridgehead atoms. The molecule has 3 amide bonds. The molecule has 0 aromatic heterocycles. The summed E-state index contributed by atoms with van der Waals surface area (Å²) in [6, 6.07) is 9.51. The number of imide groups is 1. The molecule has 1 aliphatic carbocycles. The first kappa shape index (κ1) is 22.3. The van der Waals surface area contributed by atoms with Crippen molar-refractivity contribution in [2.45, 2.75) is 71.3 Å². The van der Waals surface area contributed by atoms with Crippen LogP contribution in [0.2, 0.25) is 0 Å². The largest absolute Gasteiger partial charge is 0.464 e. The van der Waals surface area contributed by atoms with Crippen LogP contribution in [-0.2, 0) is 20.7 Å². The Labute approximate surface area is 179 Å². The van der Waals surface area contributed by atoms with E-state index in [-0.39, 0.29) is 24.5 Å². The van der Waals surface area contributed by atoms with E-state index in [9.17, 15) is 14.4 Å². The van der Waals surface area contributed by atoms with Gasteiger partial charge in [-0.15, -0.1) is 0 Å². The number of hydrogen-bond acceptors (Lipinski definition) is 4. The van der Waals surface area contributed by atoms with Crippen molar-refractivity contribution in [1.82, 2.24) is 10.2 Å². The molecule has 1 aromatic carbocycles. The van der Waals surface area contributed by atoms with Gasteiger partial charge in [-0.1, -0.05) is 57.5 Å². The first-order valence-electron chi connectivity index (χ1n) is 11.1. The minimum absolute atomic E-state index is 0.233. The maximum absolute atomic E-state index is 13.0. The lowest BCUT2D eigenvalue weighted by molar-refractivity contribution is -0.148. The van der Waals surface area contributed by atoms with E-state index in [1.54, 1.807) is 0 Å². The van der Waals surface area contributed by atoms with Crippen molar-refractivity contribution in [2.75, 3.05) is 13.2 Å². The summed E-state index contributed by atoms with van der Waals surface area (Å²) in [4.78, 5) is 38.7. The molecule has 1 spiro atoms. The summed E-state index contributed by atoms with van der Waals surface area (Å²) in [6.45, 7) is 6.69. The van der Waals surface area contributed by atoms with E-state index in [2.05, 4.69) is 26.1 Å². The first-order valence-corrected chi connectivity index (χ1v) is 11.1. The first-order chi connectivity index (χ1) is 14.3. The molecule has 1 saturated carbocycles. The molecule has 3 rings (SSSR count). The van der Waals surface area contributed by atoms with Crippen molar-refractivity contribution in [3.05, 3.63) is 35.9 Å². The Balaban J connectivity index is 1.47. The normalized spacial score (nSPS) is 24.2. The Hall–Kier alpha value is -2.37.